The zero-order valence-corrected chi connectivity index (χ0v) is 23.5. The van der Waals surface area contributed by atoms with Crippen LogP contribution < -0.4 is 5.32 Å². The molecule has 0 aliphatic carbocycles. The summed E-state index contributed by atoms with van der Waals surface area (Å²) in [5.41, 5.74) is -1.42. The van der Waals surface area contributed by atoms with Crippen molar-refractivity contribution in [2.24, 2.45) is 0 Å². The molecule has 3 saturated heterocycles. The number of alkyl halides is 3. The van der Waals surface area contributed by atoms with Crippen molar-refractivity contribution in [1.29, 1.82) is 0 Å². The third kappa shape index (κ3) is 6.41. The second-order valence-corrected chi connectivity index (χ2v) is 14.6. The van der Waals surface area contributed by atoms with Crippen LogP contribution in [0.5, 0.6) is 0 Å². The molecular weight excluding hydrogens is 565 g/mol. The minimum Gasteiger partial charge on any atom is -0.465 e. The molecule has 0 spiro atoms. The van der Waals surface area contributed by atoms with Crippen molar-refractivity contribution < 1.29 is 27.9 Å². The molecule has 4 rings (SSSR count). The average molecular weight is 597 g/mol. The lowest BCUT2D eigenvalue weighted by Gasteiger charge is -2.49. The fourth-order valence-electron chi connectivity index (χ4n) is 6.32. The fourth-order valence-corrected chi connectivity index (χ4v) is 9.13. The van der Waals surface area contributed by atoms with E-state index in [1.165, 1.54) is 9.21 Å². The van der Waals surface area contributed by atoms with Gasteiger partial charge in [-0.05, 0) is 63.4 Å². The first kappa shape index (κ1) is 28.5. The molecule has 3 aliphatic heterocycles. The lowest BCUT2D eigenvalue weighted by molar-refractivity contribution is 0.0556. The third-order valence-electron chi connectivity index (χ3n) is 7.68. The van der Waals surface area contributed by atoms with E-state index in [9.17, 15) is 23.1 Å². The van der Waals surface area contributed by atoms with E-state index in [0.717, 1.165) is 18.4 Å². The zero-order chi connectivity index (χ0) is 26.9. The first-order chi connectivity index (χ1) is 17.4. The largest absolute Gasteiger partial charge is 0.465 e. The molecule has 2 amide bonds. The predicted octanol–water partition coefficient (Wildman–Crippen LogP) is 4.90. The van der Waals surface area contributed by atoms with Crippen molar-refractivity contribution in [1.82, 2.24) is 14.5 Å². The van der Waals surface area contributed by atoms with Gasteiger partial charge >= 0.3 is 12.2 Å². The number of carbonyl (C=O) groups excluding carboxylic acids is 1. The van der Waals surface area contributed by atoms with Gasteiger partial charge in [-0.1, -0.05) is 65.1 Å². The number of hydrogen-bond donors (Lipinski definition) is 2. The highest BCUT2D eigenvalue weighted by Gasteiger charge is 2.57. The first-order valence-electron chi connectivity index (χ1n) is 12.4. The summed E-state index contributed by atoms with van der Waals surface area (Å²) in [7, 11) is -4.03. The zero-order valence-electron chi connectivity index (χ0n) is 20.4. The first-order valence-corrected chi connectivity index (χ1v) is 15.2. The van der Waals surface area contributed by atoms with Crippen LogP contribution in [0.15, 0.2) is 30.3 Å². The van der Waals surface area contributed by atoms with Gasteiger partial charge in [-0.25, -0.2) is 18.0 Å². The summed E-state index contributed by atoms with van der Waals surface area (Å²) in [6, 6.07) is 9.07. The molecule has 0 aromatic heterocycles. The second kappa shape index (κ2) is 11.0. The van der Waals surface area contributed by atoms with Crippen molar-refractivity contribution in [3.63, 3.8) is 0 Å². The summed E-state index contributed by atoms with van der Waals surface area (Å²) >= 11 is 17.1. The standard InChI is InChI=1S/C24H32Cl3N3O6S/c25-24(26,27)16-36-20(31)28-23-12-6-9-19(10-13-23)30(23)37(34,35)17-22(15-18-7-2-1-3-8-18)11-4-5-14-29(22)21(32)33/h1-3,7-8,19H,4-6,9-17H2,(H,28,31)(H,32,33). The van der Waals surface area contributed by atoms with Crippen LogP contribution >= 0.6 is 34.8 Å². The number of likely N-dealkylation sites (tertiary alicyclic amines) is 1. The number of benzene rings is 1. The number of carboxylic acid groups (broad SMARTS) is 1. The number of amides is 2. The van der Waals surface area contributed by atoms with Crippen LogP contribution in [0, 0.1) is 0 Å². The van der Waals surface area contributed by atoms with Crippen molar-refractivity contribution in [2.45, 2.75) is 78.8 Å². The topological polar surface area (TPSA) is 116 Å². The van der Waals surface area contributed by atoms with Gasteiger partial charge in [-0.2, -0.15) is 4.31 Å². The van der Waals surface area contributed by atoms with Crippen LogP contribution in [0.2, 0.25) is 0 Å². The molecule has 0 radical (unpaired) electrons. The van der Waals surface area contributed by atoms with Crippen molar-refractivity contribution in [3.05, 3.63) is 35.9 Å². The number of fused-ring (bicyclic) bond motifs is 2. The van der Waals surface area contributed by atoms with E-state index in [0.29, 0.717) is 38.5 Å². The number of halogens is 3. The molecule has 3 heterocycles. The molecule has 0 saturated carbocycles. The van der Waals surface area contributed by atoms with E-state index in [4.69, 9.17) is 39.5 Å². The van der Waals surface area contributed by atoms with E-state index in [1.54, 1.807) is 0 Å². The molecule has 206 valence electrons. The number of nitrogens with zero attached hydrogens (tertiary/aromatic N) is 2. The van der Waals surface area contributed by atoms with Crippen LogP contribution in [0.25, 0.3) is 0 Å². The van der Waals surface area contributed by atoms with Gasteiger partial charge in [0, 0.05) is 12.6 Å². The minimum atomic E-state index is -4.03. The van der Waals surface area contributed by atoms with E-state index in [1.807, 2.05) is 30.3 Å². The number of carbonyl (C=O) groups is 2. The molecule has 1 aromatic carbocycles. The van der Waals surface area contributed by atoms with Crippen molar-refractivity contribution in [3.8, 4) is 0 Å². The number of sulfonamides is 1. The average Bonchev–Trinajstić information content (AvgIpc) is 3.04. The highest BCUT2D eigenvalue weighted by molar-refractivity contribution is 7.89. The van der Waals surface area contributed by atoms with Gasteiger partial charge in [-0.3, -0.25) is 0 Å². The van der Waals surface area contributed by atoms with Crippen molar-refractivity contribution in [2.75, 3.05) is 18.9 Å². The van der Waals surface area contributed by atoms with E-state index in [2.05, 4.69) is 5.32 Å². The molecule has 1 aromatic rings. The van der Waals surface area contributed by atoms with E-state index in [-0.39, 0.29) is 24.8 Å². The quantitative estimate of drug-likeness (QED) is 0.433. The maximum atomic E-state index is 14.2. The van der Waals surface area contributed by atoms with Gasteiger partial charge in [0.2, 0.25) is 13.8 Å². The number of ether oxygens (including phenoxy) is 1. The fraction of sp³-hybridized carbons (Fsp3) is 0.667. The minimum absolute atomic E-state index is 0.272. The SMILES string of the molecule is O=C(NC12CCCC(CC1)N2S(=O)(=O)CC1(Cc2ccccc2)CCCCN1C(=O)O)OCC(Cl)(Cl)Cl. The molecule has 2 N–H and O–H groups in total. The highest BCUT2D eigenvalue weighted by Crippen LogP contribution is 2.46. The Morgan fingerprint density at radius 2 is 1.81 bits per heavy atom. The van der Waals surface area contributed by atoms with Crippen LogP contribution in [0.4, 0.5) is 9.59 Å². The lowest BCUT2D eigenvalue weighted by atomic mass is 9.83. The van der Waals surface area contributed by atoms with Gasteiger partial charge in [0.05, 0.1) is 11.3 Å². The van der Waals surface area contributed by atoms with Crippen LogP contribution in [0.3, 0.4) is 0 Å². The molecule has 37 heavy (non-hydrogen) atoms. The van der Waals surface area contributed by atoms with Gasteiger partial charge in [0.1, 0.15) is 12.3 Å². The second-order valence-electron chi connectivity index (χ2n) is 10.3. The van der Waals surface area contributed by atoms with E-state index < -0.39 is 43.8 Å². The smallest absolute Gasteiger partial charge is 0.408 e. The van der Waals surface area contributed by atoms with Crippen molar-refractivity contribution >= 4 is 57.0 Å². The Morgan fingerprint density at radius 1 is 1.08 bits per heavy atom. The molecular formula is C24H32Cl3N3O6S. The van der Waals surface area contributed by atoms with Gasteiger partial charge in [0.25, 0.3) is 0 Å². The normalized spacial score (nSPS) is 28.6. The van der Waals surface area contributed by atoms with Crippen LogP contribution in [0.1, 0.15) is 56.9 Å². The van der Waals surface area contributed by atoms with Gasteiger partial charge in [0.15, 0.2) is 0 Å². The molecule has 13 heteroatoms. The molecule has 3 atom stereocenters. The highest BCUT2D eigenvalue weighted by atomic mass is 35.6. The summed E-state index contributed by atoms with van der Waals surface area (Å²) in [5, 5.41) is 12.8. The Hall–Kier alpha value is -1.46. The number of alkyl carbamates (subject to hydrolysis) is 1. The molecule has 2 bridgehead atoms. The molecule has 3 aliphatic rings. The summed E-state index contributed by atoms with van der Waals surface area (Å²) in [6.45, 7) is -0.211. The summed E-state index contributed by atoms with van der Waals surface area (Å²) < 4.78 is 33.1. The number of hydrogen-bond acceptors (Lipinski definition) is 5. The summed E-state index contributed by atoms with van der Waals surface area (Å²) in [6.07, 6.45) is 2.94. The van der Waals surface area contributed by atoms with E-state index >= 15 is 0 Å². The Balaban J connectivity index is 1.65. The van der Waals surface area contributed by atoms with Crippen LogP contribution in [-0.4, -0.2) is 74.9 Å². The monoisotopic (exact) mass is 595 g/mol. The number of piperidine rings is 2. The molecule has 9 nitrogen and oxygen atoms in total. The van der Waals surface area contributed by atoms with Gasteiger partial charge < -0.3 is 20.1 Å². The summed E-state index contributed by atoms with van der Waals surface area (Å²) in [5.74, 6) is -0.371. The summed E-state index contributed by atoms with van der Waals surface area (Å²) in [4.78, 5) is 26.3. The van der Waals surface area contributed by atoms with Gasteiger partial charge in [-0.15, -0.1) is 0 Å². The van der Waals surface area contributed by atoms with Crippen LogP contribution in [-0.2, 0) is 21.2 Å². The molecule has 3 unspecified atom stereocenters. The maximum Gasteiger partial charge on any atom is 0.408 e. The Morgan fingerprint density at radius 3 is 2.49 bits per heavy atom. The molecule has 3 fully saturated rings. The lowest BCUT2D eigenvalue weighted by Crippen LogP contribution is -2.66. The Labute approximate surface area is 232 Å². The Bertz CT molecular complexity index is 1100. The predicted molar refractivity (Wildman–Crippen MR) is 141 cm³/mol. The maximum absolute atomic E-state index is 14.2. The number of rotatable bonds is 7. The Kier molecular flexibility index (Phi) is 8.46. The number of nitrogens with one attached hydrogen (secondary N) is 1. The third-order valence-corrected chi connectivity index (χ3v) is 10.2.